The first-order valence-electron chi connectivity index (χ1n) is 9.99. The Labute approximate surface area is 161 Å². The van der Waals surface area contributed by atoms with Crippen molar-refractivity contribution in [1.82, 2.24) is 4.90 Å². The van der Waals surface area contributed by atoms with Gasteiger partial charge in [-0.15, -0.1) is 0 Å². The summed E-state index contributed by atoms with van der Waals surface area (Å²) in [5.74, 6) is -0.793. The summed E-state index contributed by atoms with van der Waals surface area (Å²) >= 11 is 0. The lowest BCUT2D eigenvalue weighted by molar-refractivity contribution is -0.128. The van der Waals surface area contributed by atoms with Gasteiger partial charge >= 0.3 is 5.97 Å². The maximum atomic E-state index is 12.2. The molecule has 0 aromatic heterocycles. The summed E-state index contributed by atoms with van der Waals surface area (Å²) in [5.41, 5.74) is 1.28. The highest BCUT2D eigenvalue weighted by atomic mass is 16.4. The molecule has 5 heteroatoms. The average Bonchev–Trinajstić information content (AvgIpc) is 3.02. The average molecular weight is 373 g/mol. The standard InChI is InChI=1S/C22H31NO4/c1-2-3-4-5-6-20(24)13-11-19-12-14-21(25)23(19)16-15-17-7-9-18(10-8-17)22(26)27/h7-11,13,19-20,24H,2-6,12,14-16H2,1H3,(H,26,27)/b13-11+. The number of amides is 1. The maximum absolute atomic E-state index is 12.2. The predicted octanol–water partition coefficient (Wildman–Crippen LogP) is 3.81. The van der Waals surface area contributed by atoms with Gasteiger partial charge in [-0.1, -0.05) is 56.9 Å². The van der Waals surface area contributed by atoms with Crippen molar-refractivity contribution in [1.29, 1.82) is 0 Å². The highest BCUT2D eigenvalue weighted by Crippen LogP contribution is 2.21. The van der Waals surface area contributed by atoms with E-state index in [9.17, 15) is 14.7 Å². The molecule has 2 atom stereocenters. The maximum Gasteiger partial charge on any atom is 0.335 e. The smallest absolute Gasteiger partial charge is 0.335 e. The number of hydrogen-bond donors (Lipinski definition) is 2. The normalized spacial score (nSPS) is 18.4. The zero-order chi connectivity index (χ0) is 19.6. The van der Waals surface area contributed by atoms with Crippen molar-refractivity contribution in [3.05, 3.63) is 47.5 Å². The SMILES string of the molecule is CCCCCCC(O)/C=C/C1CCC(=O)N1CCc1ccc(C(=O)O)cc1. The second-order valence-corrected chi connectivity index (χ2v) is 7.25. The molecule has 1 heterocycles. The monoisotopic (exact) mass is 373 g/mol. The number of aliphatic hydroxyl groups excluding tert-OH is 1. The number of aromatic carboxylic acids is 1. The number of aliphatic hydroxyl groups is 1. The Morgan fingerprint density at radius 2 is 2.00 bits per heavy atom. The summed E-state index contributed by atoms with van der Waals surface area (Å²) in [6.45, 7) is 2.77. The molecule has 1 aromatic carbocycles. The number of unbranched alkanes of at least 4 members (excludes halogenated alkanes) is 3. The van der Waals surface area contributed by atoms with Crippen LogP contribution in [0.3, 0.4) is 0 Å². The Morgan fingerprint density at radius 1 is 1.26 bits per heavy atom. The zero-order valence-electron chi connectivity index (χ0n) is 16.1. The molecule has 1 aliphatic rings. The van der Waals surface area contributed by atoms with Crippen LogP contribution in [0.5, 0.6) is 0 Å². The molecule has 0 radical (unpaired) electrons. The summed E-state index contributed by atoms with van der Waals surface area (Å²) in [4.78, 5) is 25.0. The summed E-state index contributed by atoms with van der Waals surface area (Å²) in [6.07, 6.45) is 10.7. The van der Waals surface area contributed by atoms with E-state index in [-0.39, 0.29) is 17.5 Å². The van der Waals surface area contributed by atoms with Crippen molar-refractivity contribution >= 4 is 11.9 Å². The van der Waals surface area contributed by atoms with E-state index in [1.165, 1.54) is 12.8 Å². The van der Waals surface area contributed by atoms with Crippen molar-refractivity contribution < 1.29 is 19.8 Å². The lowest BCUT2D eigenvalue weighted by atomic mass is 10.1. The first-order valence-corrected chi connectivity index (χ1v) is 9.99. The molecule has 2 N–H and O–H groups in total. The van der Waals surface area contributed by atoms with Gasteiger partial charge in [-0.25, -0.2) is 4.79 Å². The summed E-state index contributed by atoms with van der Waals surface area (Å²) in [6, 6.07) is 6.83. The third kappa shape index (κ3) is 6.83. The fraction of sp³-hybridized carbons (Fsp3) is 0.545. The molecule has 148 valence electrons. The molecule has 2 unspecified atom stereocenters. The molecule has 1 aliphatic heterocycles. The molecule has 0 saturated carbocycles. The number of carboxylic acid groups (broad SMARTS) is 1. The number of hydrogen-bond acceptors (Lipinski definition) is 3. The number of rotatable bonds is 11. The minimum Gasteiger partial charge on any atom is -0.478 e. The molecule has 1 amide bonds. The molecule has 5 nitrogen and oxygen atoms in total. The Balaban J connectivity index is 1.84. The van der Waals surface area contributed by atoms with Crippen molar-refractivity contribution in [2.24, 2.45) is 0 Å². The molecule has 0 bridgehead atoms. The Morgan fingerprint density at radius 3 is 2.67 bits per heavy atom. The lowest BCUT2D eigenvalue weighted by Gasteiger charge is -2.23. The molecule has 0 spiro atoms. The third-order valence-electron chi connectivity index (χ3n) is 5.13. The minimum atomic E-state index is -0.935. The Bertz CT molecular complexity index is 638. The minimum absolute atomic E-state index is 0.0427. The quantitative estimate of drug-likeness (QED) is 0.457. The second kappa shape index (κ2) is 10.9. The lowest BCUT2D eigenvalue weighted by Crippen LogP contribution is -2.33. The number of benzene rings is 1. The Kier molecular flexibility index (Phi) is 8.52. The van der Waals surface area contributed by atoms with Crippen LogP contribution in [0.1, 0.15) is 67.8 Å². The fourth-order valence-corrected chi connectivity index (χ4v) is 3.44. The van der Waals surface area contributed by atoms with Crippen LogP contribution in [0.15, 0.2) is 36.4 Å². The molecule has 2 rings (SSSR count). The molecular weight excluding hydrogens is 342 g/mol. The highest BCUT2D eigenvalue weighted by Gasteiger charge is 2.28. The van der Waals surface area contributed by atoms with Crippen LogP contribution in [0.25, 0.3) is 0 Å². The van der Waals surface area contributed by atoms with E-state index in [1.54, 1.807) is 24.3 Å². The van der Waals surface area contributed by atoms with E-state index in [2.05, 4.69) is 6.92 Å². The molecule has 1 saturated heterocycles. The van der Waals surface area contributed by atoms with Crippen molar-refractivity contribution in [3.8, 4) is 0 Å². The van der Waals surface area contributed by atoms with Gasteiger partial charge in [-0.3, -0.25) is 4.79 Å². The van der Waals surface area contributed by atoms with Crippen molar-refractivity contribution in [2.75, 3.05) is 6.54 Å². The van der Waals surface area contributed by atoms with Gasteiger partial charge in [0.1, 0.15) is 0 Å². The van der Waals surface area contributed by atoms with E-state index in [4.69, 9.17) is 5.11 Å². The van der Waals surface area contributed by atoms with Gasteiger partial charge in [0, 0.05) is 13.0 Å². The number of carboxylic acids is 1. The van der Waals surface area contributed by atoms with E-state index >= 15 is 0 Å². The molecular formula is C22H31NO4. The van der Waals surface area contributed by atoms with Gasteiger partial charge in [0.25, 0.3) is 0 Å². The van der Waals surface area contributed by atoms with Gasteiger partial charge < -0.3 is 15.1 Å². The number of carbonyl (C=O) groups is 2. The van der Waals surface area contributed by atoms with Crippen LogP contribution in [-0.4, -0.2) is 45.7 Å². The first-order chi connectivity index (χ1) is 13.0. The third-order valence-corrected chi connectivity index (χ3v) is 5.13. The fourth-order valence-electron chi connectivity index (χ4n) is 3.44. The molecule has 0 aliphatic carbocycles. The topological polar surface area (TPSA) is 77.8 Å². The summed E-state index contributed by atoms with van der Waals surface area (Å²) in [7, 11) is 0. The van der Waals surface area contributed by atoms with Gasteiger partial charge in [0.05, 0.1) is 17.7 Å². The zero-order valence-corrected chi connectivity index (χ0v) is 16.1. The van der Waals surface area contributed by atoms with Crippen LogP contribution in [0, 0.1) is 0 Å². The van der Waals surface area contributed by atoms with Gasteiger partial charge in [0.15, 0.2) is 0 Å². The van der Waals surface area contributed by atoms with Crippen molar-refractivity contribution in [3.63, 3.8) is 0 Å². The summed E-state index contributed by atoms with van der Waals surface area (Å²) < 4.78 is 0. The summed E-state index contributed by atoms with van der Waals surface area (Å²) in [5, 5.41) is 19.1. The number of likely N-dealkylation sites (tertiary alicyclic amines) is 1. The van der Waals surface area contributed by atoms with E-state index in [0.29, 0.717) is 19.4 Å². The number of nitrogens with zero attached hydrogens (tertiary/aromatic N) is 1. The largest absolute Gasteiger partial charge is 0.478 e. The van der Waals surface area contributed by atoms with Gasteiger partial charge in [0.2, 0.25) is 5.91 Å². The van der Waals surface area contributed by atoms with Crippen LogP contribution < -0.4 is 0 Å². The molecule has 1 fully saturated rings. The van der Waals surface area contributed by atoms with Crippen molar-refractivity contribution in [2.45, 2.75) is 70.4 Å². The van der Waals surface area contributed by atoms with Gasteiger partial charge in [-0.2, -0.15) is 0 Å². The number of carbonyl (C=O) groups excluding carboxylic acids is 1. The molecule has 1 aromatic rings. The van der Waals surface area contributed by atoms with E-state index < -0.39 is 12.1 Å². The second-order valence-electron chi connectivity index (χ2n) is 7.25. The van der Waals surface area contributed by atoms with Crippen LogP contribution in [0.4, 0.5) is 0 Å². The Hall–Kier alpha value is -2.14. The van der Waals surface area contributed by atoms with Crippen LogP contribution in [-0.2, 0) is 11.2 Å². The van der Waals surface area contributed by atoms with E-state index in [0.717, 1.165) is 31.2 Å². The van der Waals surface area contributed by atoms with Gasteiger partial charge in [-0.05, 0) is 37.0 Å². The van der Waals surface area contributed by atoms with E-state index in [1.807, 2.05) is 17.1 Å². The van der Waals surface area contributed by atoms with Crippen LogP contribution >= 0.6 is 0 Å². The first kappa shape index (κ1) is 21.2. The highest BCUT2D eigenvalue weighted by molar-refractivity contribution is 5.87. The molecule has 27 heavy (non-hydrogen) atoms. The van der Waals surface area contributed by atoms with Crippen LogP contribution in [0.2, 0.25) is 0 Å². The predicted molar refractivity (Wildman–Crippen MR) is 106 cm³/mol.